The van der Waals surface area contributed by atoms with Crippen molar-refractivity contribution in [3.05, 3.63) is 0 Å². The van der Waals surface area contributed by atoms with Crippen molar-refractivity contribution in [3.63, 3.8) is 0 Å². The van der Waals surface area contributed by atoms with Crippen molar-refractivity contribution in [2.75, 3.05) is 31.1 Å². The van der Waals surface area contributed by atoms with Gasteiger partial charge in [-0.1, -0.05) is 27.7 Å². The Hall–Kier alpha value is 0.220. The Balaban J connectivity index is 2.52. The van der Waals surface area contributed by atoms with E-state index in [1.54, 1.807) is 4.31 Å². The fourth-order valence-corrected chi connectivity index (χ4v) is 4.47. The van der Waals surface area contributed by atoms with E-state index in [4.69, 9.17) is 0 Å². The Morgan fingerprint density at radius 2 is 2.00 bits per heavy atom. The fraction of sp³-hybridized carbons (Fsp3) is 1.00. The summed E-state index contributed by atoms with van der Waals surface area (Å²) < 4.78 is 26.3. The largest absolute Gasteiger partial charge is 0.313 e. The van der Waals surface area contributed by atoms with Gasteiger partial charge in [0.15, 0.2) is 0 Å². The lowest BCUT2D eigenvalue weighted by Gasteiger charge is -2.22. The van der Waals surface area contributed by atoms with E-state index in [0.29, 0.717) is 25.7 Å². The predicted molar refractivity (Wildman–Crippen MR) is 79.7 cm³/mol. The van der Waals surface area contributed by atoms with Crippen LogP contribution in [0.5, 0.6) is 0 Å². The molecule has 0 bridgehead atoms. The third kappa shape index (κ3) is 5.47. The minimum absolute atomic E-state index is 0.195. The summed E-state index contributed by atoms with van der Waals surface area (Å²) >= 11 is 1.87. The van der Waals surface area contributed by atoms with Crippen LogP contribution < -0.4 is 5.32 Å². The van der Waals surface area contributed by atoms with Crippen LogP contribution >= 0.6 is 11.8 Å². The molecule has 1 saturated heterocycles. The molecule has 0 aromatic rings. The van der Waals surface area contributed by atoms with Crippen LogP contribution in [-0.4, -0.2) is 54.7 Å². The summed E-state index contributed by atoms with van der Waals surface area (Å²) in [6, 6.07) is 0.332. The number of nitrogens with one attached hydrogen (secondary N) is 1. The molecule has 0 radical (unpaired) electrons. The zero-order chi connectivity index (χ0) is 13.8. The quantitative estimate of drug-likeness (QED) is 0.835. The van der Waals surface area contributed by atoms with Crippen LogP contribution in [0.25, 0.3) is 0 Å². The molecular formula is C12H26N2O2S2. The highest BCUT2D eigenvalue weighted by atomic mass is 32.2. The standard InChI is InChI=1S/C12H26N2O2S2/c1-11(2)13-6-10-18(15,16)14-7-5-12(3,4)17-9-8-14/h11,13H,5-10H2,1-4H3. The Labute approximate surface area is 116 Å². The van der Waals surface area contributed by atoms with E-state index in [1.165, 1.54) is 0 Å². The third-order valence-corrected chi connectivity index (χ3v) is 6.35. The van der Waals surface area contributed by atoms with Crippen LogP contribution in [0.2, 0.25) is 0 Å². The smallest absolute Gasteiger partial charge is 0.215 e. The molecule has 1 heterocycles. The maximum Gasteiger partial charge on any atom is 0.215 e. The van der Waals surface area contributed by atoms with Crippen molar-refractivity contribution in [2.24, 2.45) is 0 Å². The van der Waals surface area contributed by atoms with Gasteiger partial charge >= 0.3 is 0 Å². The second kappa shape index (κ2) is 6.59. The van der Waals surface area contributed by atoms with Gasteiger partial charge in [-0.05, 0) is 6.42 Å². The molecule has 0 aromatic heterocycles. The first kappa shape index (κ1) is 16.3. The van der Waals surface area contributed by atoms with Gasteiger partial charge in [-0.15, -0.1) is 0 Å². The average molecular weight is 294 g/mol. The molecule has 1 aliphatic heterocycles. The van der Waals surface area contributed by atoms with Crippen LogP contribution in [-0.2, 0) is 10.0 Å². The summed E-state index contributed by atoms with van der Waals surface area (Å²) in [5.41, 5.74) is 0. The van der Waals surface area contributed by atoms with Gasteiger partial charge < -0.3 is 5.32 Å². The van der Waals surface area contributed by atoms with E-state index in [1.807, 2.05) is 25.6 Å². The lowest BCUT2D eigenvalue weighted by atomic mass is 10.1. The van der Waals surface area contributed by atoms with Crippen LogP contribution in [0, 0.1) is 0 Å². The number of sulfonamides is 1. The molecule has 1 rings (SSSR count). The topological polar surface area (TPSA) is 49.4 Å². The van der Waals surface area contributed by atoms with Crippen LogP contribution in [0.1, 0.15) is 34.1 Å². The Kier molecular flexibility index (Phi) is 5.96. The van der Waals surface area contributed by atoms with E-state index in [-0.39, 0.29) is 10.5 Å². The number of nitrogens with zero attached hydrogens (tertiary/aromatic N) is 1. The van der Waals surface area contributed by atoms with Gasteiger partial charge in [0.05, 0.1) is 5.75 Å². The summed E-state index contributed by atoms with van der Waals surface area (Å²) in [5, 5.41) is 3.16. The third-order valence-electron chi connectivity index (χ3n) is 3.10. The normalized spacial score (nSPS) is 22.1. The van der Waals surface area contributed by atoms with Crippen molar-refractivity contribution in [3.8, 4) is 0 Å². The first-order valence-corrected chi connectivity index (χ1v) is 9.18. The molecule has 6 heteroatoms. The van der Waals surface area contributed by atoms with E-state index < -0.39 is 10.0 Å². The maximum atomic E-state index is 12.2. The van der Waals surface area contributed by atoms with Gasteiger partial charge in [-0.2, -0.15) is 11.8 Å². The van der Waals surface area contributed by atoms with Crippen molar-refractivity contribution in [2.45, 2.75) is 44.9 Å². The van der Waals surface area contributed by atoms with E-state index >= 15 is 0 Å². The van der Waals surface area contributed by atoms with Crippen LogP contribution in [0.4, 0.5) is 0 Å². The van der Waals surface area contributed by atoms with Crippen molar-refractivity contribution in [1.29, 1.82) is 0 Å². The Bertz CT molecular complexity index is 353. The van der Waals surface area contributed by atoms with Gasteiger partial charge in [0.1, 0.15) is 0 Å². The number of hydrogen-bond acceptors (Lipinski definition) is 4. The molecule has 1 N–H and O–H groups in total. The van der Waals surface area contributed by atoms with Crippen LogP contribution in [0.15, 0.2) is 0 Å². The first-order chi connectivity index (χ1) is 8.23. The predicted octanol–water partition coefficient (Wildman–Crippen LogP) is 1.53. The van der Waals surface area contributed by atoms with Crippen molar-refractivity contribution < 1.29 is 8.42 Å². The van der Waals surface area contributed by atoms with E-state index in [0.717, 1.165) is 12.2 Å². The lowest BCUT2D eigenvalue weighted by molar-refractivity contribution is 0.414. The minimum Gasteiger partial charge on any atom is -0.313 e. The summed E-state index contributed by atoms with van der Waals surface area (Å²) in [5.74, 6) is 1.10. The molecule has 0 aromatic carbocycles. The maximum absolute atomic E-state index is 12.2. The van der Waals surface area contributed by atoms with Gasteiger partial charge in [0.25, 0.3) is 0 Å². The molecule has 0 unspecified atom stereocenters. The number of rotatable bonds is 5. The molecule has 0 spiro atoms. The van der Waals surface area contributed by atoms with E-state index in [2.05, 4.69) is 19.2 Å². The molecule has 0 saturated carbocycles. The van der Waals surface area contributed by atoms with Crippen molar-refractivity contribution in [1.82, 2.24) is 9.62 Å². The summed E-state index contributed by atoms with van der Waals surface area (Å²) in [4.78, 5) is 0. The Morgan fingerprint density at radius 3 is 2.61 bits per heavy atom. The molecule has 0 atom stereocenters. The van der Waals surface area contributed by atoms with Crippen molar-refractivity contribution >= 4 is 21.8 Å². The molecule has 1 fully saturated rings. The summed E-state index contributed by atoms with van der Waals surface area (Å²) in [6.07, 6.45) is 0.925. The van der Waals surface area contributed by atoms with Gasteiger partial charge in [0.2, 0.25) is 10.0 Å². The monoisotopic (exact) mass is 294 g/mol. The minimum atomic E-state index is -3.10. The summed E-state index contributed by atoms with van der Waals surface area (Å²) in [7, 11) is -3.10. The lowest BCUT2D eigenvalue weighted by Crippen LogP contribution is -2.39. The zero-order valence-electron chi connectivity index (χ0n) is 11.9. The highest BCUT2D eigenvalue weighted by Gasteiger charge is 2.29. The number of hydrogen-bond donors (Lipinski definition) is 1. The molecular weight excluding hydrogens is 268 g/mol. The highest BCUT2D eigenvalue weighted by Crippen LogP contribution is 2.31. The van der Waals surface area contributed by atoms with Gasteiger partial charge in [-0.3, -0.25) is 0 Å². The second-order valence-corrected chi connectivity index (χ2v) is 9.57. The second-order valence-electron chi connectivity index (χ2n) is 5.68. The van der Waals surface area contributed by atoms with Crippen LogP contribution in [0.3, 0.4) is 0 Å². The summed E-state index contributed by atoms with van der Waals surface area (Å²) in [6.45, 7) is 10.3. The Morgan fingerprint density at radius 1 is 1.33 bits per heavy atom. The molecule has 18 heavy (non-hydrogen) atoms. The highest BCUT2D eigenvalue weighted by molar-refractivity contribution is 8.00. The number of thioether (sulfide) groups is 1. The zero-order valence-corrected chi connectivity index (χ0v) is 13.5. The van der Waals surface area contributed by atoms with Gasteiger partial charge in [0, 0.05) is 36.2 Å². The molecule has 1 aliphatic rings. The average Bonchev–Trinajstić information content (AvgIpc) is 2.38. The molecule has 4 nitrogen and oxygen atoms in total. The molecule has 0 aliphatic carbocycles. The SMILES string of the molecule is CC(C)NCCS(=O)(=O)N1CCSC(C)(C)CC1. The first-order valence-electron chi connectivity index (χ1n) is 6.58. The van der Waals surface area contributed by atoms with Gasteiger partial charge in [-0.25, -0.2) is 12.7 Å². The fourth-order valence-electron chi connectivity index (χ4n) is 1.89. The molecule has 108 valence electrons. The van der Waals surface area contributed by atoms with E-state index in [9.17, 15) is 8.42 Å². The molecule has 0 amide bonds.